The summed E-state index contributed by atoms with van der Waals surface area (Å²) in [5.41, 5.74) is 0. The quantitative estimate of drug-likeness (QED) is 0.390. The third kappa shape index (κ3) is 58.6. The molecule has 0 aromatic heterocycles. The molecule has 0 aliphatic heterocycles. The lowest BCUT2D eigenvalue weighted by molar-refractivity contribution is -0.283. The molecule has 8 heavy (non-hydrogen) atoms. The van der Waals surface area contributed by atoms with Gasteiger partial charge in [0.15, 0.2) is 0 Å². The molecule has 5 nitrogen and oxygen atoms in total. The number of carboxylic acid groups (broad SMARTS) is 1. The second-order valence-electron chi connectivity index (χ2n) is 0.320. The maximum atomic E-state index is 8.25. The van der Waals surface area contributed by atoms with Crippen molar-refractivity contribution in [1.29, 1.82) is 5.26 Å². The highest BCUT2D eigenvalue weighted by molar-refractivity contribution is 5.29. The SMILES string of the molecule is CC#N.O.O=C[O-].[NH4+]. The number of carbonyl (C=O) groups excluding carboxylic acids is 1. The summed E-state index contributed by atoms with van der Waals surface area (Å²) >= 11 is 0. The Morgan fingerprint density at radius 2 is 1.75 bits per heavy atom. The summed E-state index contributed by atoms with van der Waals surface area (Å²) in [4.78, 5) is 8.25. The van der Waals surface area contributed by atoms with Crippen LogP contribution in [0, 0.1) is 11.3 Å². The van der Waals surface area contributed by atoms with Crippen LogP contribution in [0.25, 0.3) is 0 Å². The summed E-state index contributed by atoms with van der Waals surface area (Å²) in [6.45, 7) is 0.931. The molecule has 0 aliphatic rings. The van der Waals surface area contributed by atoms with E-state index in [1.807, 2.05) is 0 Å². The number of hydrogen-bond donors (Lipinski definition) is 1. The van der Waals surface area contributed by atoms with Crippen molar-refractivity contribution in [2.24, 2.45) is 0 Å². The van der Waals surface area contributed by atoms with Crippen molar-refractivity contribution >= 4 is 6.47 Å². The Hall–Kier alpha value is -1.12. The van der Waals surface area contributed by atoms with Crippen molar-refractivity contribution in [3.63, 3.8) is 0 Å². The maximum Gasteiger partial charge on any atom is 0.0587 e. The summed E-state index contributed by atoms with van der Waals surface area (Å²) in [6.07, 6.45) is 0. The van der Waals surface area contributed by atoms with Crippen LogP contribution in [0.4, 0.5) is 0 Å². The van der Waals surface area contributed by atoms with Crippen LogP contribution in [0.5, 0.6) is 0 Å². The molecule has 6 N–H and O–H groups in total. The molecule has 0 aromatic carbocycles. The van der Waals surface area contributed by atoms with Gasteiger partial charge in [-0.1, -0.05) is 0 Å². The highest BCUT2D eigenvalue weighted by Gasteiger charge is 1.17. The topological polar surface area (TPSA) is 132 Å². The summed E-state index contributed by atoms with van der Waals surface area (Å²) in [5, 5.41) is 15.6. The zero-order chi connectivity index (χ0) is 5.41. The van der Waals surface area contributed by atoms with Gasteiger partial charge in [-0.05, 0) is 0 Å². The largest absolute Gasteiger partial charge is 0.554 e. The highest BCUT2D eigenvalue weighted by atomic mass is 16.3. The third-order valence-corrected chi connectivity index (χ3v) is 0. The van der Waals surface area contributed by atoms with Crippen molar-refractivity contribution in [3.05, 3.63) is 0 Å². The summed E-state index contributed by atoms with van der Waals surface area (Å²) < 4.78 is 0. The summed E-state index contributed by atoms with van der Waals surface area (Å²) in [5.74, 6) is 0. The van der Waals surface area contributed by atoms with Crippen LogP contribution in [0.1, 0.15) is 6.92 Å². The van der Waals surface area contributed by atoms with E-state index in [2.05, 4.69) is 0 Å². The lowest BCUT2D eigenvalue weighted by Gasteiger charge is -1.52. The van der Waals surface area contributed by atoms with Gasteiger partial charge in [0.25, 0.3) is 0 Å². The number of hydrogen-bond acceptors (Lipinski definition) is 3. The molecular weight excluding hydrogens is 112 g/mol. The van der Waals surface area contributed by atoms with Crippen LogP contribution in [0.2, 0.25) is 0 Å². The van der Waals surface area contributed by atoms with E-state index >= 15 is 0 Å². The minimum atomic E-state index is -0.500. The average molecular weight is 122 g/mol. The Morgan fingerprint density at radius 3 is 1.75 bits per heavy atom. The van der Waals surface area contributed by atoms with Gasteiger partial charge in [-0.15, -0.1) is 0 Å². The van der Waals surface area contributed by atoms with E-state index in [4.69, 9.17) is 15.2 Å². The third-order valence-electron chi connectivity index (χ3n) is 0. The molecule has 0 rings (SSSR count). The van der Waals surface area contributed by atoms with Crippen LogP contribution in [0.15, 0.2) is 0 Å². The van der Waals surface area contributed by atoms with E-state index in [1.165, 1.54) is 6.92 Å². The predicted molar refractivity (Wildman–Crippen MR) is 26.9 cm³/mol. The molecule has 0 aliphatic carbocycles. The molecule has 0 bridgehead atoms. The van der Waals surface area contributed by atoms with Gasteiger partial charge >= 0.3 is 0 Å². The van der Waals surface area contributed by atoms with Crippen LogP contribution >= 0.6 is 0 Å². The Bertz CT molecular complexity index is 58.0. The van der Waals surface area contributed by atoms with Gasteiger partial charge in [0.2, 0.25) is 0 Å². The molecule has 0 aromatic rings. The Balaban J connectivity index is -0.0000000160. The first-order valence-electron chi connectivity index (χ1n) is 1.20. The molecule has 0 spiro atoms. The molecule has 0 heterocycles. The standard InChI is InChI=1S/C2H3N.CH2O2.H3N.H2O/c1-2-3;2-1-3;;/h1H3;1H,(H,2,3);1H3;1H2. The van der Waals surface area contributed by atoms with Crippen molar-refractivity contribution in [1.82, 2.24) is 6.15 Å². The zero-order valence-corrected chi connectivity index (χ0v) is 4.84. The van der Waals surface area contributed by atoms with E-state index in [1.54, 1.807) is 6.07 Å². The highest BCUT2D eigenvalue weighted by Crippen LogP contribution is 1.21. The number of nitrogens with zero attached hydrogens (tertiary/aromatic N) is 1. The predicted octanol–water partition coefficient (Wildman–Crippen LogP) is -1.55. The molecular formula is C3H10N2O3. The second kappa shape index (κ2) is 181. The van der Waals surface area contributed by atoms with Crippen LogP contribution < -0.4 is 11.3 Å². The van der Waals surface area contributed by atoms with Crippen LogP contribution in [-0.2, 0) is 4.79 Å². The molecule has 0 fully saturated rings. The molecule has 0 atom stereocenters. The molecule has 50 valence electrons. The molecule has 0 saturated heterocycles. The van der Waals surface area contributed by atoms with Gasteiger partial charge in [0, 0.05) is 13.4 Å². The number of rotatable bonds is 0. The van der Waals surface area contributed by atoms with Gasteiger partial charge in [-0.3, -0.25) is 0 Å². The van der Waals surface area contributed by atoms with Gasteiger partial charge in [0.1, 0.15) is 0 Å². The molecule has 0 radical (unpaired) electrons. The van der Waals surface area contributed by atoms with Crippen LogP contribution in [-0.4, -0.2) is 11.9 Å². The van der Waals surface area contributed by atoms with Crippen molar-refractivity contribution < 1.29 is 15.4 Å². The molecule has 0 amide bonds. The summed E-state index contributed by atoms with van der Waals surface area (Å²) in [7, 11) is 0. The van der Waals surface area contributed by atoms with Gasteiger partial charge < -0.3 is 21.5 Å². The van der Waals surface area contributed by atoms with E-state index in [-0.39, 0.29) is 11.6 Å². The number of quaternary nitrogens is 1. The minimum absolute atomic E-state index is 0. The Kier molecular flexibility index (Phi) is 648. The van der Waals surface area contributed by atoms with Gasteiger partial charge in [-0.2, -0.15) is 5.26 Å². The monoisotopic (exact) mass is 122 g/mol. The Morgan fingerprint density at radius 1 is 1.75 bits per heavy atom. The van der Waals surface area contributed by atoms with Gasteiger partial charge in [0.05, 0.1) is 6.07 Å². The number of carbonyl (C=O) groups is 1. The van der Waals surface area contributed by atoms with Crippen molar-refractivity contribution in [2.75, 3.05) is 0 Å². The van der Waals surface area contributed by atoms with E-state index in [0.717, 1.165) is 0 Å². The fraction of sp³-hybridized carbons (Fsp3) is 0.333. The smallest absolute Gasteiger partial charge is 0.0587 e. The van der Waals surface area contributed by atoms with Gasteiger partial charge in [-0.25, -0.2) is 0 Å². The normalized spacial score (nSPS) is 2.50. The zero-order valence-electron chi connectivity index (χ0n) is 4.84. The van der Waals surface area contributed by atoms with Crippen molar-refractivity contribution in [3.8, 4) is 6.07 Å². The lowest BCUT2D eigenvalue weighted by atomic mass is 11.0. The first-order valence-corrected chi connectivity index (χ1v) is 1.20. The second-order valence-corrected chi connectivity index (χ2v) is 0.320. The van der Waals surface area contributed by atoms with Crippen molar-refractivity contribution in [2.45, 2.75) is 6.92 Å². The molecule has 5 heteroatoms. The van der Waals surface area contributed by atoms with E-state index in [0.29, 0.717) is 0 Å². The molecule has 0 saturated carbocycles. The summed E-state index contributed by atoms with van der Waals surface area (Å²) in [6, 6.07) is 1.75. The maximum absolute atomic E-state index is 8.25. The fourth-order valence-electron chi connectivity index (χ4n) is 0. The average Bonchev–Trinajstić information content (AvgIpc) is 1.39. The molecule has 0 unspecified atom stereocenters. The van der Waals surface area contributed by atoms with E-state index in [9.17, 15) is 0 Å². The lowest BCUT2D eigenvalue weighted by Crippen LogP contribution is -2.01. The number of nitriles is 1. The van der Waals surface area contributed by atoms with E-state index < -0.39 is 6.47 Å². The minimum Gasteiger partial charge on any atom is -0.554 e. The van der Waals surface area contributed by atoms with Crippen LogP contribution in [0.3, 0.4) is 0 Å². The fourth-order valence-corrected chi connectivity index (χ4v) is 0. The first-order chi connectivity index (χ1) is 2.83. The Labute approximate surface area is 47.4 Å². The first kappa shape index (κ1) is 28.7.